The van der Waals surface area contributed by atoms with Crippen molar-refractivity contribution in [2.45, 2.75) is 12.8 Å². The molecular formula is C15H18Cl2N2O3. The first kappa shape index (κ1) is 17.1. The molecule has 0 bridgehead atoms. The monoisotopic (exact) mass is 344 g/mol. The van der Waals surface area contributed by atoms with Gasteiger partial charge in [-0.15, -0.1) is 0 Å². The summed E-state index contributed by atoms with van der Waals surface area (Å²) in [6, 6.07) is 4.87. The van der Waals surface area contributed by atoms with Crippen LogP contribution in [0.15, 0.2) is 18.2 Å². The number of carboxylic acid groups (broad SMARTS) is 1. The third-order valence-corrected chi connectivity index (χ3v) is 4.23. The zero-order valence-corrected chi connectivity index (χ0v) is 13.6. The molecule has 1 heterocycles. The Kier molecular flexibility index (Phi) is 6.06. The summed E-state index contributed by atoms with van der Waals surface area (Å²) < 4.78 is 0. The van der Waals surface area contributed by atoms with E-state index in [2.05, 4.69) is 4.90 Å². The van der Waals surface area contributed by atoms with Gasteiger partial charge in [-0.3, -0.25) is 14.5 Å². The highest BCUT2D eigenvalue weighted by molar-refractivity contribution is 6.36. The number of hydrogen-bond acceptors (Lipinski definition) is 3. The summed E-state index contributed by atoms with van der Waals surface area (Å²) in [7, 11) is 0. The Morgan fingerprint density at radius 2 is 1.82 bits per heavy atom. The van der Waals surface area contributed by atoms with Gasteiger partial charge in [0.1, 0.15) is 0 Å². The van der Waals surface area contributed by atoms with Gasteiger partial charge in [0, 0.05) is 37.6 Å². The van der Waals surface area contributed by atoms with Gasteiger partial charge < -0.3 is 10.0 Å². The van der Waals surface area contributed by atoms with E-state index in [4.69, 9.17) is 28.3 Å². The Balaban J connectivity index is 1.86. The molecule has 120 valence electrons. The van der Waals surface area contributed by atoms with Crippen LogP contribution in [0.1, 0.15) is 23.2 Å². The van der Waals surface area contributed by atoms with E-state index in [0.29, 0.717) is 35.1 Å². The van der Waals surface area contributed by atoms with Gasteiger partial charge >= 0.3 is 5.97 Å². The molecule has 0 aromatic heterocycles. The van der Waals surface area contributed by atoms with Crippen LogP contribution >= 0.6 is 23.2 Å². The summed E-state index contributed by atoms with van der Waals surface area (Å²) >= 11 is 11.9. The summed E-state index contributed by atoms with van der Waals surface area (Å²) in [4.78, 5) is 26.9. The van der Waals surface area contributed by atoms with E-state index >= 15 is 0 Å². The second-order valence-electron chi connectivity index (χ2n) is 5.26. The highest BCUT2D eigenvalue weighted by Gasteiger charge is 2.23. The lowest BCUT2D eigenvalue weighted by Crippen LogP contribution is -2.48. The normalized spacial score (nSPS) is 15.8. The second kappa shape index (κ2) is 7.81. The third kappa shape index (κ3) is 4.60. The van der Waals surface area contributed by atoms with Crippen LogP contribution in [0.4, 0.5) is 0 Å². The van der Waals surface area contributed by atoms with E-state index in [-0.39, 0.29) is 12.3 Å². The number of amides is 1. The molecule has 0 aliphatic carbocycles. The van der Waals surface area contributed by atoms with Crippen molar-refractivity contribution in [1.29, 1.82) is 0 Å². The van der Waals surface area contributed by atoms with Gasteiger partial charge in [0.25, 0.3) is 5.91 Å². The largest absolute Gasteiger partial charge is 0.481 e. The number of carboxylic acids is 1. The zero-order valence-electron chi connectivity index (χ0n) is 12.1. The maximum Gasteiger partial charge on any atom is 0.303 e. The standard InChI is InChI=1S/C15H18Cl2N2O3/c16-11-3-4-12(13(17)10-11)15(22)19-8-6-18(7-9-19)5-1-2-14(20)21/h3-4,10H,1-2,5-9H2,(H,20,21). The molecule has 1 N–H and O–H groups in total. The number of nitrogens with zero attached hydrogens (tertiary/aromatic N) is 2. The first-order chi connectivity index (χ1) is 10.5. The molecule has 0 radical (unpaired) electrons. The van der Waals surface area contributed by atoms with E-state index in [1.807, 2.05) is 0 Å². The molecule has 1 aliphatic rings. The first-order valence-electron chi connectivity index (χ1n) is 7.16. The minimum atomic E-state index is -0.772. The van der Waals surface area contributed by atoms with Crippen LogP contribution in [-0.4, -0.2) is 59.5 Å². The van der Waals surface area contributed by atoms with Crippen molar-refractivity contribution < 1.29 is 14.7 Å². The molecule has 1 aromatic rings. The van der Waals surface area contributed by atoms with Crippen molar-refractivity contribution in [3.8, 4) is 0 Å². The molecule has 1 amide bonds. The first-order valence-corrected chi connectivity index (χ1v) is 7.91. The number of benzene rings is 1. The number of carbonyl (C=O) groups is 2. The number of piperazine rings is 1. The van der Waals surface area contributed by atoms with Gasteiger partial charge in [0.15, 0.2) is 0 Å². The van der Waals surface area contributed by atoms with Gasteiger partial charge in [-0.25, -0.2) is 0 Å². The Morgan fingerprint density at radius 1 is 1.14 bits per heavy atom. The lowest BCUT2D eigenvalue weighted by Gasteiger charge is -2.34. The van der Waals surface area contributed by atoms with Crippen molar-refractivity contribution in [3.63, 3.8) is 0 Å². The SMILES string of the molecule is O=C(O)CCCN1CCN(C(=O)c2ccc(Cl)cc2Cl)CC1. The molecule has 22 heavy (non-hydrogen) atoms. The Morgan fingerprint density at radius 3 is 2.41 bits per heavy atom. The highest BCUT2D eigenvalue weighted by Crippen LogP contribution is 2.22. The van der Waals surface area contributed by atoms with Crippen molar-refractivity contribution >= 4 is 35.1 Å². The molecule has 0 atom stereocenters. The van der Waals surface area contributed by atoms with Gasteiger partial charge in [0.2, 0.25) is 0 Å². The molecule has 0 unspecified atom stereocenters. The molecule has 0 spiro atoms. The predicted octanol–water partition coefficient (Wildman–Crippen LogP) is 2.62. The molecule has 1 aliphatic heterocycles. The summed E-state index contributed by atoms with van der Waals surface area (Å²) in [6.07, 6.45) is 0.811. The summed E-state index contributed by atoms with van der Waals surface area (Å²) in [5.74, 6) is -0.863. The molecule has 0 saturated carbocycles. The number of hydrogen-bond donors (Lipinski definition) is 1. The average molecular weight is 345 g/mol. The molecule has 1 aromatic carbocycles. The number of aliphatic carboxylic acids is 1. The van der Waals surface area contributed by atoms with Gasteiger partial charge in [0.05, 0.1) is 10.6 Å². The second-order valence-corrected chi connectivity index (χ2v) is 6.10. The Bertz CT molecular complexity index is 558. The average Bonchev–Trinajstić information content (AvgIpc) is 2.47. The predicted molar refractivity (Wildman–Crippen MR) is 85.7 cm³/mol. The molecule has 2 rings (SSSR count). The maximum absolute atomic E-state index is 12.4. The number of halogens is 2. The fourth-order valence-corrected chi connectivity index (χ4v) is 2.95. The highest BCUT2D eigenvalue weighted by atomic mass is 35.5. The molecule has 1 fully saturated rings. The van der Waals surface area contributed by atoms with Crippen LogP contribution in [0, 0.1) is 0 Å². The Hall–Kier alpha value is -1.30. The lowest BCUT2D eigenvalue weighted by molar-refractivity contribution is -0.137. The van der Waals surface area contributed by atoms with Gasteiger partial charge in [-0.2, -0.15) is 0 Å². The van der Waals surface area contributed by atoms with Crippen molar-refractivity contribution in [2.75, 3.05) is 32.7 Å². The maximum atomic E-state index is 12.4. The number of carbonyl (C=O) groups excluding carboxylic acids is 1. The van der Waals surface area contributed by atoms with E-state index in [1.54, 1.807) is 23.1 Å². The summed E-state index contributed by atoms with van der Waals surface area (Å²) in [5, 5.41) is 9.50. The topological polar surface area (TPSA) is 60.9 Å². The van der Waals surface area contributed by atoms with E-state index in [1.165, 1.54) is 0 Å². The van der Waals surface area contributed by atoms with Crippen LogP contribution in [-0.2, 0) is 4.79 Å². The molecule has 5 nitrogen and oxygen atoms in total. The third-order valence-electron chi connectivity index (χ3n) is 3.69. The summed E-state index contributed by atoms with van der Waals surface area (Å²) in [5.41, 5.74) is 0.463. The minimum Gasteiger partial charge on any atom is -0.481 e. The summed E-state index contributed by atoms with van der Waals surface area (Å²) in [6.45, 7) is 3.47. The smallest absolute Gasteiger partial charge is 0.303 e. The van der Waals surface area contributed by atoms with Crippen molar-refractivity contribution in [1.82, 2.24) is 9.80 Å². The van der Waals surface area contributed by atoms with Crippen LogP contribution in [0.2, 0.25) is 10.0 Å². The van der Waals surface area contributed by atoms with E-state index in [0.717, 1.165) is 19.6 Å². The minimum absolute atomic E-state index is 0.0909. The lowest BCUT2D eigenvalue weighted by atomic mass is 10.1. The van der Waals surface area contributed by atoms with Crippen LogP contribution < -0.4 is 0 Å². The van der Waals surface area contributed by atoms with Gasteiger partial charge in [-0.1, -0.05) is 23.2 Å². The fraction of sp³-hybridized carbons (Fsp3) is 0.467. The Labute approximate surface area is 139 Å². The fourth-order valence-electron chi connectivity index (χ4n) is 2.46. The van der Waals surface area contributed by atoms with Crippen LogP contribution in [0.3, 0.4) is 0 Å². The number of rotatable bonds is 5. The van der Waals surface area contributed by atoms with Crippen LogP contribution in [0.5, 0.6) is 0 Å². The van der Waals surface area contributed by atoms with Crippen molar-refractivity contribution in [3.05, 3.63) is 33.8 Å². The van der Waals surface area contributed by atoms with Crippen LogP contribution in [0.25, 0.3) is 0 Å². The van der Waals surface area contributed by atoms with E-state index < -0.39 is 5.97 Å². The molecule has 1 saturated heterocycles. The molecule has 7 heteroatoms. The molecular weight excluding hydrogens is 327 g/mol. The van der Waals surface area contributed by atoms with Gasteiger partial charge in [-0.05, 0) is 31.2 Å². The van der Waals surface area contributed by atoms with E-state index in [9.17, 15) is 9.59 Å². The quantitative estimate of drug-likeness (QED) is 0.891. The zero-order chi connectivity index (χ0) is 16.1. The van der Waals surface area contributed by atoms with Crippen molar-refractivity contribution in [2.24, 2.45) is 0 Å².